The van der Waals surface area contributed by atoms with Gasteiger partial charge >= 0.3 is 5.97 Å². The molecule has 4 saturated carbocycles. The Morgan fingerprint density at radius 3 is 2.39 bits per heavy atom. The first-order valence-electron chi connectivity index (χ1n) is 8.58. The van der Waals surface area contributed by atoms with Crippen molar-refractivity contribution in [2.24, 2.45) is 17.8 Å². The van der Waals surface area contributed by atoms with Crippen molar-refractivity contribution in [1.82, 2.24) is 15.1 Å². The van der Waals surface area contributed by atoms with Gasteiger partial charge in [-0.15, -0.1) is 0 Å². The molecule has 0 aromatic carbocycles. The normalized spacial score (nSPS) is 34.5. The molecule has 1 amide bonds. The van der Waals surface area contributed by atoms with Gasteiger partial charge in [0.1, 0.15) is 0 Å². The molecule has 0 spiro atoms. The van der Waals surface area contributed by atoms with E-state index < -0.39 is 5.97 Å². The summed E-state index contributed by atoms with van der Waals surface area (Å²) in [5.74, 6) is 1.45. The second-order valence-corrected chi connectivity index (χ2v) is 7.79. The SMILES string of the molecule is O=C(O)CCn1cc(C(=O)NC23CC4CC(CC(C4)C2)C3)cn1. The standard InChI is InChI=1S/C17H23N3O3/c21-15(22)1-2-20-10-14(9-18-20)16(23)19-17-6-11-3-12(7-17)5-13(4-11)8-17/h9-13H,1-8H2,(H,19,23)(H,21,22). The Hall–Kier alpha value is -1.85. The molecule has 4 bridgehead atoms. The summed E-state index contributed by atoms with van der Waals surface area (Å²) in [5.41, 5.74) is 0.528. The maximum Gasteiger partial charge on any atom is 0.305 e. The number of aromatic nitrogens is 2. The van der Waals surface area contributed by atoms with Crippen molar-refractivity contribution in [3.63, 3.8) is 0 Å². The van der Waals surface area contributed by atoms with Crippen LogP contribution in [-0.2, 0) is 11.3 Å². The fourth-order valence-electron chi connectivity index (χ4n) is 5.39. The van der Waals surface area contributed by atoms with E-state index >= 15 is 0 Å². The van der Waals surface area contributed by atoms with E-state index in [1.54, 1.807) is 6.20 Å². The van der Waals surface area contributed by atoms with Crippen molar-refractivity contribution < 1.29 is 14.7 Å². The molecule has 4 aliphatic rings. The molecule has 6 heteroatoms. The van der Waals surface area contributed by atoms with E-state index in [1.165, 1.54) is 30.1 Å². The van der Waals surface area contributed by atoms with E-state index in [0.29, 0.717) is 12.1 Å². The number of aliphatic carboxylic acids is 1. The van der Waals surface area contributed by atoms with Gasteiger partial charge in [-0.05, 0) is 56.3 Å². The van der Waals surface area contributed by atoms with Crippen LogP contribution in [0.5, 0.6) is 0 Å². The van der Waals surface area contributed by atoms with Gasteiger partial charge in [-0.2, -0.15) is 5.10 Å². The molecule has 1 aromatic rings. The van der Waals surface area contributed by atoms with Gasteiger partial charge in [0.05, 0.1) is 24.7 Å². The highest BCUT2D eigenvalue weighted by Crippen LogP contribution is 2.55. The Labute approximate surface area is 135 Å². The largest absolute Gasteiger partial charge is 0.481 e. The molecule has 0 aliphatic heterocycles. The lowest BCUT2D eigenvalue weighted by molar-refractivity contribution is -0.137. The smallest absolute Gasteiger partial charge is 0.305 e. The summed E-state index contributed by atoms with van der Waals surface area (Å²) >= 11 is 0. The number of rotatable bonds is 5. The number of hydrogen-bond donors (Lipinski definition) is 2. The van der Waals surface area contributed by atoms with Crippen molar-refractivity contribution in [1.29, 1.82) is 0 Å². The zero-order valence-electron chi connectivity index (χ0n) is 13.2. The van der Waals surface area contributed by atoms with Crippen LogP contribution in [0.3, 0.4) is 0 Å². The average molecular weight is 317 g/mol. The van der Waals surface area contributed by atoms with Gasteiger partial charge in [-0.3, -0.25) is 14.3 Å². The maximum absolute atomic E-state index is 12.6. The Morgan fingerprint density at radius 2 is 1.83 bits per heavy atom. The number of carbonyl (C=O) groups is 2. The van der Waals surface area contributed by atoms with Crippen molar-refractivity contribution in [3.05, 3.63) is 18.0 Å². The predicted molar refractivity (Wildman–Crippen MR) is 82.8 cm³/mol. The fraction of sp³-hybridized carbons (Fsp3) is 0.706. The van der Waals surface area contributed by atoms with Gasteiger partial charge in [-0.25, -0.2) is 0 Å². The summed E-state index contributed by atoms with van der Waals surface area (Å²) < 4.78 is 1.53. The van der Waals surface area contributed by atoms with Crippen LogP contribution < -0.4 is 5.32 Å². The molecule has 0 saturated heterocycles. The molecule has 6 nitrogen and oxygen atoms in total. The van der Waals surface area contributed by atoms with E-state index in [4.69, 9.17) is 5.11 Å². The van der Waals surface area contributed by atoms with Crippen molar-refractivity contribution in [2.75, 3.05) is 0 Å². The topological polar surface area (TPSA) is 84.2 Å². The van der Waals surface area contributed by atoms with Crippen LogP contribution in [0.25, 0.3) is 0 Å². The molecule has 4 fully saturated rings. The molecular formula is C17H23N3O3. The number of nitrogens with zero attached hydrogens (tertiary/aromatic N) is 2. The summed E-state index contributed by atoms with van der Waals surface area (Å²) in [6.07, 6.45) is 10.6. The van der Waals surface area contributed by atoms with Crippen molar-refractivity contribution in [2.45, 2.75) is 57.0 Å². The molecule has 5 rings (SSSR count). The van der Waals surface area contributed by atoms with E-state index in [-0.39, 0.29) is 17.9 Å². The molecular weight excluding hydrogens is 294 g/mol. The second kappa shape index (κ2) is 5.35. The lowest BCUT2D eigenvalue weighted by Crippen LogP contribution is -2.59. The Morgan fingerprint density at radius 1 is 1.22 bits per heavy atom. The van der Waals surface area contributed by atoms with Crippen LogP contribution >= 0.6 is 0 Å². The third kappa shape index (κ3) is 2.86. The van der Waals surface area contributed by atoms with E-state index in [0.717, 1.165) is 37.0 Å². The highest BCUT2D eigenvalue weighted by Gasteiger charge is 2.51. The molecule has 0 unspecified atom stereocenters. The van der Waals surface area contributed by atoms with Gasteiger partial charge in [0, 0.05) is 11.7 Å². The summed E-state index contributed by atoms with van der Waals surface area (Å²) in [4.78, 5) is 23.2. The lowest BCUT2D eigenvalue weighted by atomic mass is 9.53. The predicted octanol–water partition coefficient (Wildman–Crippen LogP) is 2.06. The van der Waals surface area contributed by atoms with Crippen LogP contribution in [0.4, 0.5) is 0 Å². The minimum atomic E-state index is -0.861. The first-order chi connectivity index (χ1) is 11.0. The number of nitrogens with one attached hydrogen (secondary N) is 1. The van der Waals surface area contributed by atoms with Crippen molar-refractivity contribution in [3.8, 4) is 0 Å². The van der Waals surface area contributed by atoms with E-state index in [2.05, 4.69) is 10.4 Å². The summed E-state index contributed by atoms with van der Waals surface area (Å²) in [5, 5.41) is 16.1. The highest BCUT2D eigenvalue weighted by atomic mass is 16.4. The molecule has 0 radical (unpaired) electrons. The van der Waals surface area contributed by atoms with Gasteiger partial charge in [0.15, 0.2) is 0 Å². The van der Waals surface area contributed by atoms with Gasteiger partial charge in [0.2, 0.25) is 0 Å². The first kappa shape index (κ1) is 14.7. The lowest BCUT2D eigenvalue weighted by Gasteiger charge is -2.56. The second-order valence-electron chi connectivity index (χ2n) is 7.79. The summed E-state index contributed by atoms with van der Waals surface area (Å²) in [7, 11) is 0. The quantitative estimate of drug-likeness (QED) is 0.870. The summed E-state index contributed by atoms with van der Waals surface area (Å²) in [6, 6.07) is 0. The minimum absolute atomic E-state index is 0.00496. The molecule has 1 aromatic heterocycles. The number of carbonyl (C=O) groups excluding carboxylic acids is 1. The Bertz CT molecular complexity index is 601. The van der Waals surface area contributed by atoms with Crippen LogP contribution in [0.2, 0.25) is 0 Å². The fourth-order valence-corrected chi connectivity index (χ4v) is 5.39. The number of carboxylic acids is 1. The zero-order chi connectivity index (χ0) is 16.0. The Kier molecular flexibility index (Phi) is 3.43. The summed E-state index contributed by atoms with van der Waals surface area (Å²) in [6.45, 7) is 0.292. The van der Waals surface area contributed by atoms with Crippen LogP contribution in [0.1, 0.15) is 55.3 Å². The molecule has 124 valence electrons. The van der Waals surface area contributed by atoms with Crippen LogP contribution in [0.15, 0.2) is 12.4 Å². The molecule has 0 atom stereocenters. The van der Waals surface area contributed by atoms with Crippen LogP contribution in [0, 0.1) is 17.8 Å². The van der Waals surface area contributed by atoms with Crippen LogP contribution in [-0.4, -0.2) is 32.3 Å². The molecule has 4 aliphatic carbocycles. The monoisotopic (exact) mass is 317 g/mol. The van der Waals surface area contributed by atoms with Gasteiger partial charge in [-0.1, -0.05) is 0 Å². The molecule has 2 N–H and O–H groups in total. The molecule has 1 heterocycles. The van der Waals surface area contributed by atoms with Crippen molar-refractivity contribution >= 4 is 11.9 Å². The first-order valence-corrected chi connectivity index (χ1v) is 8.58. The third-order valence-corrected chi connectivity index (χ3v) is 5.87. The number of aryl methyl sites for hydroxylation is 1. The number of amides is 1. The highest BCUT2D eigenvalue weighted by molar-refractivity contribution is 5.94. The average Bonchev–Trinajstić information content (AvgIpc) is 2.92. The molecule has 23 heavy (non-hydrogen) atoms. The van der Waals surface area contributed by atoms with Gasteiger partial charge in [0.25, 0.3) is 5.91 Å². The minimum Gasteiger partial charge on any atom is -0.481 e. The number of hydrogen-bond acceptors (Lipinski definition) is 3. The third-order valence-electron chi connectivity index (χ3n) is 5.87. The zero-order valence-corrected chi connectivity index (χ0v) is 13.2. The Balaban J connectivity index is 1.43. The van der Waals surface area contributed by atoms with E-state index in [9.17, 15) is 9.59 Å². The van der Waals surface area contributed by atoms with E-state index in [1.807, 2.05) is 0 Å². The van der Waals surface area contributed by atoms with Gasteiger partial charge < -0.3 is 10.4 Å². The number of carboxylic acid groups (broad SMARTS) is 1. The maximum atomic E-state index is 12.6.